The van der Waals surface area contributed by atoms with E-state index in [2.05, 4.69) is 4.99 Å². The van der Waals surface area contributed by atoms with E-state index < -0.39 is 6.98 Å². The fourth-order valence-electron chi connectivity index (χ4n) is 2.83. The van der Waals surface area contributed by atoms with Crippen LogP contribution in [-0.4, -0.2) is 12.7 Å². The number of aliphatic imine (C=N–C) groups is 1. The van der Waals surface area contributed by atoms with E-state index in [9.17, 15) is 0 Å². The van der Waals surface area contributed by atoms with Gasteiger partial charge in [-0.05, 0) is 41.7 Å². The van der Waals surface area contributed by atoms with Crippen molar-refractivity contribution in [2.45, 2.75) is 18.8 Å². The zero-order valence-corrected chi connectivity index (χ0v) is 12.2. The van der Waals surface area contributed by atoms with Gasteiger partial charge in [0.15, 0.2) is 0 Å². The Morgan fingerprint density at radius 2 is 2.00 bits per heavy atom. The summed E-state index contributed by atoms with van der Waals surface area (Å²) in [5.74, 6) is 0.163. The van der Waals surface area contributed by atoms with Crippen LogP contribution in [0.2, 0.25) is 10.0 Å². The molecule has 0 spiro atoms. The van der Waals surface area contributed by atoms with Gasteiger partial charge in [0, 0.05) is 22.7 Å². The monoisotopic (exact) mass is 306 g/mol. The van der Waals surface area contributed by atoms with Gasteiger partial charge < -0.3 is 0 Å². The molecule has 0 saturated carbocycles. The standard InChI is InChI=1S/C17H15Cl2N/c1-20-17-9-7-12(13-4-2-3-5-14(13)17)11-6-8-15(18)16(19)10-11/h2-6,8,10,12H,7,9H2,1H3/i1D3. The summed E-state index contributed by atoms with van der Waals surface area (Å²) in [6.45, 7) is -2.31. The highest BCUT2D eigenvalue weighted by Crippen LogP contribution is 2.38. The molecule has 1 atom stereocenters. The van der Waals surface area contributed by atoms with Crippen molar-refractivity contribution in [1.82, 2.24) is 0 Å². The molecule has 0 amide bonds. The van der Waals surface area contributed by atoms with Crippen LogP contribution in [-0.2, 0) is 0 Å². The Kier molecular flexibility index (Phi) is 2.91. The zero-order chi connectivity index (χ0) is 16.6. The molecule has 3 rings (SSSR count). The van der Waals surface area contributed by atoms with Crippen molar-refractivity contribution in [2.75, 3.05) is 6.98 Å². The van der Waals surface area contributed by atoms with Crippen molar-refractivity contribution in [3.8, 4) is 0 Å². The first-order chi connectivity index (χ1) is 10.8. The maximum atomic E-state index is 7.39. The molecule has 1 unspecified atom stereocenters. The molecule has 20 heavy (non-hydrogen) atoms. The second kappa shape index (κ2) is 5.59. The fourth-order valence-corrected chi connectivity index (χ4v) is 3.13. The molecule has 1 aliphatic rings. The van der Waals surface area contributed by atoms with E-state index in [-0.39, 0.29) is 5.92 Å². The number of hydrogen-bond donors (Lipinski definition) is 0. The van der Waals surface area contributed by atoms with Crippen LogP contribution < -0.4 is 0 Å². The minimum Gasteiger partial charge on any atom is -0.292 e. The largest absolute Gasteiger partial charge is 0.292 e. The van der Waals surface area contributed by atoms with Gasteiger partial charge in [0.1, 0.15) is 0 Å². The number of benzene rings is 2. The molecule has 0 aliphatic heterocycles. The van der Waals surface area contributed by atoms with Crippen LogP contribution in [0.3, 0.4) is 0 Å². The van der Waals surface area contributed by atoms with Crippen molar-refractivity contribution in [2.24, 2.45) is 4.99 Å². The maximum Gasteiger partial charge on any atom is 0.0595 e. The number of nitrogens with zero attached hydrogens (tertiary/aromatic N) is 1. The Balaban J connectivity index is 2.07. The number of halogens is 2. The fraction of sp³-hybridized carbons (Fsp3) is 0.235. The Labute approximate surface area is 133 Å². The smallest absolute Gasteiger partial charge is 0.0595 e. The Morgan fingerprint density at radius 3 is 2.80 bits per heavy atom. The van der Waals surface area contributed by atoms with Gasteiger partial charge in [-0.2, -0.15) is 0 Å². The first kappa shape index (κ1) is 10.4. The molecule has 0 saturated heterocycles. The molecule has 1 aliphatic carbocycles. The Bertz CT molecular complexity index is 769. The second-order valence-electron chi connectivity index (χ2n) is 4.91. The van der Waals surface area contributed by atoms with Crippen molar-refractivity contribution in [3.63, 3.8) is 0 Å². The molecule has 2 aromatic rings. The Hall–Kier alpha value is -1.31. The van der Waals surface area contributed by atoms with Crippen molar-refractivity contribution in [1.29, 1.82) is 0 Å². The van der Waals surface area contributed by atoms with Crippen LogP contribution >= 0.6 is 23.2 Å². The minimum atomic E-state index is -2.31. The Morgan fingerprint density at radius 1 is 1.15 bits per heavy atom. The second-order valence-corrected chi connectivity index (χ2v) is 5.72. The van der Waals surface area contributed by atoms with E-state index in [1.165, 1.54) is 0 Å². The third-order valence-electron chi connectivity index (χ3n) is 3.80. The van der Waals surface area contributed by atoms with Crippen LogP contribution in [0, 0.1) is 0 Å². The minimum absolute atomic E-state index is 0.163. The van der Waals surface area contributed by atoms with Crippen LogP contribution in [0.25, 0.3) is 0 Å². The summed E-state index contributed by atoms with van der Waals surface area (Å²) < 4.78 is 22.2. The SMILES string of the molecule is [2H]C([2H])([2H])N=C1CCC(c2ccc(Cl)c(Cl)c2)c2ccccc21. The van der Waals surface area contributed by atoms with Gasteiger partial charge in [-0.25, -0.2) is 0 Å². The molecule has 0 radical (unpaired) electrons. The van der Waals surface area contributed by atoms with Gasteiger partial charge >= 0.3 is 0 Å². The molecule has 0 heterocycles. The predicted octanol–water partition coefficient (Wildman–Crippen LogP) is 5.34. The van der Waals surface area contributed by atoms with Gasteiger partial charge in [0.05, 0.1) is 10.0 Å². The van der Waals surface area contributed by atoms with Crippen LogP contribution in [0.15, 0.2) is 47.5 Å². The molecule has 3 heteroatoms. The molecule has 2 aromatic carbocycles. The lowest BCUT2D eigenvalue weighted by Crippen LogP contribution is -2.17. The number of rotatable bonds is 1. The normalized spacial score (nSPS) is 22.8. The molecule has 0 fully saturated rings. The van der Waals surface area contributed by atoms with Gasteiger partial charge in [0.2, 0.25) is 0 Å². The third kappa shape index (κ3) is 2.36. The number of hydrogen-bond acceptors (Lipinski definition) is 1. The van der Waals surface area contributed by atoms with Gasteiger partial charge in [-0.3, -0.25) is 4.99 Å². The van der Waals surface area contributed by atoms with E-state index in [4.69, 9.17) is 27.3 Å². The van der Waals surface area contributed by atoms with Gasteiger partial charge in [0.25, 0.3) is 0 Å². The van der Waals surface area contributed by atoms with Gasteiger partial charge in [-0.1, -0.05) is 53.5 Å². The van der Waals surface area contributed by atoms with Crippen molar-refractivity contribution < 1.29 is 4.11 Å². The number of fused-ring (bicyclic) bond motifs is 1. The van der Waals surface area contributed by atoms with Crippen LogP contribution in [0.5, 0.6) is 0 Å². The van der Waals surface area contributed by atoms with Crippen molar-refractivity contribution in [3.05, 3.63) is 69.2 Å². The third-order valence-corrected chi connectivity index (χ3v) is 4.54. The molecule has 0 aromatic heterocycles. The predicted molar refractivity (Wildman–Crippen MR) is 86.4 cm³/mol. The summed E-state index contributed by atoms with van der Waals surface area (Å²) >= 11 is 12.1. The molecule has 0 N–H and O–H groups in total. The van der Waals surface area contributed by atoms with Crippen LogP contribution in [0.1, 0.15) is 39.6 Å². The molecule has 1 nitrogen and oxygen atoms in total. The molecule has 102 valence electrons. The quantitative estimate of drug-likeness (QED) is 0.674. The van der Waals surface area contributed by atoms with E-state index in [0.717, 1.165) is 23.1 Å². The zero-order valence-electron chi connectivity index (χ0n) is 13.7. The van der Waals surface area contributed by atoms with E-state index in [0.29, 0.717) is 22.2 Å². The lowest BCUT2D eigenvalue weighted by atomic mass is 9.78. The molecular weight excluding hydrogens is 289 g/mol. The average molecular weight is 307 g/mol. The van der Waals surface area contributed by atoms with E-state index >= 15 is 0 Å². The molecule has 0 bridgehead atoms. The van der Waals surface area contributed by atoms with E-state index in [1.54, 1.807) is 6.07 Å². The van der Waals surface area contributed by atoms with Crippen LogP contribution in [0.4, 0.5) is 0 Å². The highest BCUT2D eigenvalue weighted by molar-refractivity contribution is 6.42. The van der Waals surface area contributed by atoms with E-state index in [1.807, 2.05) is 36.4 Å². The topological polar surface area (TPSA) is 12.4 Å². The highest BCUT2D eigenvalue weighted by atomic mass is 35.5. The molecular formula is C17H15Cl2N. The van der Waals surface area contributed by atoms with Gasteiger partial charge in [-0.15, -0.1) is 0 Å². The summed E-state index contributed by atoms with van der Waals surface area (Å²) in [6.07, 6.45) is 1.42. The lowest BCUT2D eigenvalue weighted by molar-refractivity contribution is 0.722. The maximum absolute atomic E-state index is 7.39. The summed E-state index contributed by atoms with van der Waals surface area (Å²) in [5, 5.41) is 1.06. The average Bonchev–Trinajstić information content (AvgIpc) is 2.49. The first-order valence-corrected chi connectivity index (χ1v) is 7.24. The summed E-state index contributed by atoms with van der Waals surface area (Å²) in [7, 11) is 0. The summed E-state index contributed by atoms with van der Waals surface area (Å²) in [4.78, 5) is 3.94. The first-order valence-electron chi connectivity index (χ1n) is 7.98. The summed E-state index contributed by atoms with van der Waals surface area (Å²) in [6, 6.07) is 13.5. The highest BCUT2D eigenvalue weighted by Gasteiger charge is 2.25. The van der Waals surface area contributed by atoms with Crippen molar-refractivity contribution >= 4 is 28.9 Å². The summed E-state index contributed by atoms with van der Waals surface area (Å²) in [5.41, 5.74) is 3.72. The lowest BCUT2D eigenvalue weighted by Gasteiger charge is -2.27.